The van der Waals surface area contributed by atoms with E-state index in [1.165, 1.54) is 19.4 Å². The quantitative estimate of drug-likeness (QED) is 0.915. The summed E-state index contributed by atoms with van der Waals surface area (Å²) in [6, 6.07) is 9.83. The van der Waals surface area contributed by atoms with Gasteiger partial charge in [0, 0.05) is 18.3 Å². The van der Waals surface area contributed by atoms with Gasteiger partial charge >= 0.3 is 0 Å². The van der Waals surface area contributed by atoms with Gasteiger partial charge in [-0.1, -0.05) is 0 Å². The summed E-state index contributed by atoms with van der Waals surface area (Å²) in [7, 11) is 2.16. The molecule has 0 radical (unpaired) electrons. The molecule has 4 heteroatoms. The number of benzene rings is 1. The maximum atomic E-state index is 9.06. The summed E-state index contributed by atoms with van der Waals surface area (Å²) in [5, 5.41) is 21.5. The maximum Gasteiger partial charge on any atom is 0.101 e. The van der Waals surface area contributed by atoms with Crippen LogP contribution < -0.4 is 5.32 Å². The highest BCUT2D eigenvalue weighted by Crippen LogP contribution is 2.22. The van der Waals surface area contributed by atoms with Crippen LogP contribution in [0, 0.1) is 28.6 Å². The first-order chi connectivity index (χ1) is 9.63. The van der Waals surface area contributed by atoms with E-state index >= 15 is 0 Å². The summed E-state index contributed by atoms with van der Waals surface area (Å²) in [6.45, 7) is 4.47. The van der Waals surface area contributed by atoms with Crippen molar-refractivity contribution in [1.29, 1.82) is 10.5 Å². The molecule has 20 heavy (non-hydrogen) atoms. The predicted octanol–water partition coefficient (Wildman–Crippen LogP) is 2.57. The monoisotopic (exact) mass is 268 g/mol. The van der Waals surface area contributed by atoms with Crippen LogP contribution in [-0.4, -0.2) is 31.1 Å². The summed E-state index contributed by atoms with van der Waals surface area (Å²) in [5.74, 6) is 0.620. The number of piperidine rings is 1. The van der Waals surface area contributed by atoms with Gasteiger partial charge in [0.15, 0.2) is 0 Å². The minimum absolute atomic E-state index is 0.359. The van der Waals surface area contributed by atoms with Gasteiger partial charge in [-0.15, -0.1) is 0 Å². The van der Waals surface area contributed by atoms with Gasteiger partial charge < -0.3 is 10.2 Å². The molecule has 104 valence electrons. The fourth-order valence-electron chi connectivity index (χ4n) is 2.82. The molecule has 1 fully saturated rings. The summed E-state index contributed by atoms with van der Waals surface area (Å²) >= 11 is 0. The van der Waals surface area contributed by atoms with Crippen LogP contribution in [0.2, 0.25) is 0 Å². The standard InChI is InChI=1S/C16H20N4/c1-12(14-4-3-7-20(2)11-14)19-16-6-5-13(9-17)15(8-16)10-18/h5-6,8,12,14,19H,3-4,7,11H2,1-2H3. The van der Waals surface area contributed by atoms with Gasteiger partial charge in [0.25, 0.3) is 0 Å². The third-order valence-electron chi connectivity index (χ3n) is 4.02. The van der Waals surface area contributed by atoms with E-state index in [-0.39, 0.29) is 0 Å². The minimum Gasteiger partial charge on any atom is -0.382 e. The van der Waals surface area contributed by atoms with Gasteiger partial charge in [0.05, 0.1) is 11.1 Å². The Labute approximate surface area is 120 Å². The van der Waals surface area contributed by atoms with Gasteiger partial charge in [-0.05, 0) is 57.5 Å². The van der Waals surface area contributed by atoms with Crippen molar-refractivity contribution in [3.8, 4) is 12.1 Å². The molecule has 2 unspecified atom stereocenters. The molecule has 1 heterocycles. The molecule has 1 aromatic rings. The van der Waals surface area contributed by atoms with E-state index in [2.05, 4.69) is 30.3 Å². The summed E-state index contributed by atoms with van der Waals surface area (Å²) < 4.78 is 0. The zero-order valence-electron chi connectivity index (χ0n) is 12.1. The second-order valence-corrected chi connectivity index (χ2v) is 5.58. The van der Waals surface area contributed by atoms with Crippen LogP contribution >= 0.6 is 0 Å². The lowest BCUT2D eigenvalue weighted by Crippen LogP contribution is -2.39. The Morgan fingerprint density at radius 1 is 1.30 bits per heavy atom. The van der Waals surface area contributed by atoms with Crippen LogP contribution in [0.3, 0.4) is 0 Å². The minimum atomic E-state index is 0.359. The lowest BCUT2D eigenvalue weighted by Gasteiger charge is -2.34. The van der Waals surface area contributed by atoms with Crippen LogP contribution in [0.15, 0.2) is 18.2 Å². The molecule has 0 bridgehead atoms. The third-order valence-corrected chi connectivity index (χ3v) is 4.02. The van der Waals surface area contributed by atoms with Crippen molar-refractivity contribution >= 4 is 5.69 Å². The highest BCUT2D eigenvalue weighted by atomic mass is 15.1. The van der Waals surface area contributed by atoms with Crippen LogP contribution in [0.1, 0.15) is 30.9 Å². The molecular weight excluding hydrogens is 248 g/mol. The summed E-state index contributed by atoms with van der Waals surface area (Å²) in [5.41, 5.74) is 1.79. The highest BCUT2D eigenvalue weighted by Gasteiger charge is 2.22. The molecule has 1 N–H and O–H groups in total. The Kier molecular flexibility index (Phi) is 4.61. The maximum absolute atomic E-state index is 9.06. The third kappa shape index (κ3) is 3.29. The van der Waals surface area contributed by atoms with Gasteiger partial charge in [-0.2, -0.15) is 10.5 Å². The van der Waals surface area contributed by atoms with Crippen molar-refractivity contribution in [1.82, 2.24) is 4.90 Å². The first-order valence-corrected chi connectivity index (χ1v) is 7.03. The molecule has 4 nitrogen and oxygen atoms in total. The van der Waals surface area contributed by atoms with Gasteiger partial charge in [-0.25, -0.2) is 0 Å². The van der Waals surface area contributed by atoms with Crippen molar-refractivity contribution in [2.45, 2.75) is 25.8 Å². The number of hydrogen-bond acceptors (Lipinski definition) is 4. The molecule has 1 aromatic carbocycles. The van der Waals surface area contributed by atoms with E-state index in [1.807, 2.05) is 12.1 Å². The molecule has 0 spiro atoms. The predicted molar refractivity (Wildman–Crippen MR) is 79.2 cm³/mol. The molecule has 2 rings (SSSR count). The Morgan fingerprint density at radius 3 is 2.70 bits per heavy atom. The largest absolute Gasteiger partial charge is 0.382 e. The first kappa shape index (κ1) is 14.4. The van der Waals surface area contributed by atoms with Crippen LogP contribution in [0.25, 0.3) is 0 Å². The van der Waals surface area contributed by atoms with Crippen molar-refractivity contribution in [2.24, 2.45) is 5.92 Å². The Bertz CT molecular complexity index is 553. The number of anilines is 1. The number of likely N-dealkylation sites (tertiary alicyclic amines) is 1. The van der Waals surface area contributed by atoms with E-state index in [4.69, 9.17) is 10.5 Å². The fraction of sp³-hybridized carbons (Fsp3) is 0.500. The number of rotatable bonds is 3. The van der Waals surface area contributed by atoms with Crippen LogP contribution in [-0.2, 0) is 0 Å². The topological polar surface area (TPSA) is 62.9 Å². The molecule has 0 amide bonds. The molecule has 0 aliphatic carbocycles. The number of nitrogens with zero attached hydrogens (tertiary/aromatic N) is 3. The molecular formula is C16H20N4. The van der Waals surface area contributed by atoms with E-state index in [1.54, 1.807) is 12.1 Å². The number of nitrogens with one attached hydrogen (secondary N) is 1. The smallest absolute Gasteiger partial charge is 0.101 e. The van der Waals surface area contributed by atoms with Gasteiger partial charge in [-0.3, -0.25) is 0 Å². The zero-order valence-corrected chi connectivity index (χ0v) is 12.1. The van der Waals surface area contributed by atoms with Gasteiger partial charge in [0.1, 0.15) is 12.1 Å². The Morgan fingerprint density at radius 2 is 2.05 bits per heavy atom. The zero-order chi connectivity index (χ0) is 14.5. The number of hydrogen-bond donors (Lipinski definition) is 1. The molecule has 0 saturated carbocycles. The average Bonchev–Trinajstić information content (AvgIpc) is 2.47. The van der Waals surface area contributed by atoms with Gasteiger partial charge in [0.2, 0.25) is 0 Å². The second kappa shape index (κ2) is 6.41. The lowest BCUT2D eigenvalue weighted by atomic mass is 9.91. The normalized spacial score (nSPS) is 20.7. The first-order valence-electron chi connectivity index (χ1n) is 7.03. The van der Waals surface area contributed by atoms with Crippen LogP contribution in [0.5, 0.6) is 0 Å². The van der Waals surface area contributed by atoms with Crippen molar-refractivity contribution in [2.75, 3.05) is 25.5 Å². The highest BCUT2D eigenvalue weighted by molar-refractivity contribution is 5.56. The molecule has 1 aliphatic heterocycles. The fourth-order valence-corrected chi connectivity index (χ4v) is 2.82. The number of nitriles is 2. The van der Waals surface area contributed by atoms with E-state index in [0.717, 1.165) is 12.2 Å². The lowest BCUT2D eigenvalue weighted by molar-refractivity contribution is 0.197. The average molecular weight is 268 g/mol. The molecule has 1 saturated heterocycles. The van der Waals surface area contributed by atoms with E-state index in [0.29, 0.717) is 23.1 Å². The second-order valence-electron chi connectivity index (χ2n) is 5.58. The summed E-state index contributed by atoms with van der Waals surface area (Å²) in [6.07, 6.45) is 2.48. The van der Waals surface area contributed by atoms with Crippen LogP contribution in [0.4, 0.5) is 5.69 Å². The molecule has 2 atom stereocenters. The summed E-state index contributed by atoms with van der Waals surface area (Å²) in [4.78, 5) is 2.37. The van der Waals surface area contributed by atoms with E-state index < -0.39 is 0 Å². The van der Waals surface area contributed by atoms with Crippen molar-refractivity contribution < 1.29 is 0 Å². The van der Waals surface area contributed by atoms with Crippen molar-refractivity contribution in [3.63, 3.8) is 0 Å². The SMILES string of the molecule is CC(Nc1ccc(C#N)c(C#N)c1)C1CCCN(C)C1. The Balaban J connectivity index is 2.06. The van der Waals surface area contributed by atoms with Crippen molar-refractivity contribution in [3.05, 3.63) is 29.3 Å². The Hall–Kier alpha value is -2.04. The van der Waals surface area contributed by atoms with E-state index in [9.17, 15) is 0 Å². The molecule has 1 aliphatic rings. The molecule has 0 aromatic heterocycles.